The smallest absolute Gasteiger partial charge is 0.292 e. The zero-order chi connectivity index (χ0) is 18.1. The van der Waals surface area contributed by atoms with Crippen LogP contribution in [-0.4, -0.2) is 14.3 Å². The fraction of sp³-hybridized carbons (Fsp3) is 0.667. The van der Waals surface area contributed by atoms with Crippen molar-refractivity contribution in [3.05, 3.63) is 36.5 Å². The third-order valence-corrected chi connectivity index (χ3v) is 4.29. The molecular weight excluding hydrogens is 312 g/mol. The number of allylic oxidation sites excluding steroid dienone is 6. The van der Waals surface area contributed by atoms with Crippen molar-refractivity contribution in [2.24, 2.45) is 0 Å². The molecule has 0 spiro atoms. The summed E-state index contributed by atoms with van der Waals surface area (Å²) in [5, 5.41) is 0. The number of unbranched alkanes of at least 4 members (excludes halogenated alkanes) is 5. The Morgan fingerprint density at radius 3 is 1.96 bits per heavy atom. The number of rotatable bonds is 14. The lowest BCUT2D eigenvalue weighted by atomic mass is 10.1. The molecule has 0 aromatic carbocycles. The molecule has 0 unspecified atom stereocenters. The largest absolute Gasteiger partial charge is 0.520 e. The molecule has 24 heavy (non-hydrogen) atoms. The molecule has 0 amide bonds. The molecule has 138 valence electrons. The van der Waals surface area contributed by atoms with E-state index in [9.17, 15) is 4.79 Å². The lowest BCUT2D eigenvalue weighted by Crippen LogP contribution is -2.28. The third-order valence-electron chi connectivity index (χ3n) is 3.45. The molecule has 0 aromatic rings. The standard InChI is InChI=1S/C21H38O2Si/c1-5-6-7-8-9-10-11-12-13-14-15-16-17-18-19-20-21(22)23-24(2,3)4/h6-7,9-10,12-13H,5,8,11,14-20H2,1-4H3. The summed E-state index contributed by atoms with van der Waals surface area (Å²) in [6.07, 6.45) is 24.2. The Labute approximate surface area is 151 Å². The van der Waals surface area contributed by atoms with E-state index >= 15 is 0 Å². The van der Waals surface area contributed by atoms with Gasteiger partial charge in [0, 0.05) is 6.42 Å². The van der Waals surface area contributed by atoms with Crippen molar-refractivity contribution in [3.63, 3.8) is 0 Å². The molecule has 0 fully saturated rings. The number of carbonyl (C=O) groups is 1. The van der Waals surface area contributed by atoms with Gasteiger partial charge in [-0.15, -0.1) is 0 Å². The average molecular weight is 351 g/mol. The first-order valence-electron chi connectivity index (χ1n) is 9.62. The van der Waals surface area contributed by atoms with Crippen LogP contribution in [0, 0.1) is 0 Å². The van der Waals surface area contributed by atoms with E-state index in [4.69, 9.17) is 4.43 Å². The van der Waals surface area contributed by atoms with Crippen molar-refractivity contribution >= 4 is 14.3 Å². The zero-order valence-corrected chi connectivity index (χ0v) is 17.4. The minimum atomic E-state index is -1.69. The summed E-state index contributed by atoms with van der Waals surface area (Å²) in [6.45, 7) is 8.32. The van der Waals surface area contributed by atoms with E-state index < -0.39 is 8.32 Å². The van der Waals surface area contributed by atoms with Crippen molar-refractivity contribution in [1.29, 1.82) is 0 Å². The van der Waals surface area contributed by atoms with E-state index in [-0.39, 0.29) is 5.97 Å². The van der Waals surface area contributed by atoms with Gasteiger partial charge >= 0.3 is 0 Å². The minimum Gasteiger partial charge on any atom is -0.520 e. The molecule has 0 aliphatic heterocycles. The highest BCUT2D eigenvalue weighted by Gasteiger charge is 2.19. The van der Waals surface area contributed by atoms with Gasteiger partial charge in [0.15, 0.2) is 0 Å². The Kier molecular flexibility index (Phi) is 14.7. The quantitative estimate of drug-likeness (QED) is 0.192. The minimum absolute atomic E-state index is 0.00432. The van der Waals surface area contributed by atoms with Crippen molar-refractivity contribution in [2.75, 3.05) is 0 Å². The first-order valence-corrected chi connectivity index (χ1v) is 13.0. The molecule has 0 rings (SSSR count). The van der Waals surface area contributed by atoms with Crippen LogP contribution in [0.15, 0.2) is 36.5 Å². The summed E-state index contributed by atoms with van der Waals surface area (Å²) in [5.41, 5.74) is 0. The number of hydrogen-bond acceptors (Lipinski definition) is 2. The molecule has 0 radical (unpaired) electrons. The van der Waals surface area contributed by atoms with Gasteiger partial charge in [0.1, 0.15) is 0 Å². The van der Waals surface area contributed by atoms with Crippen LogP contribution < -0.4 is 0 Å². The third kappa shape index (κ3) is 19.0. The maximum absolute atomic E-state index is 11.6. The van der Waals surface area contributed by atoms with Gasteiger partial charge in [-0.1, -0.05) is 62.6 Å². The van der Waals surface area contributed by atoms with Crippen molar-refractivity contribution in [2.45, 2.75) is 90.8 Å². The topological polar surface area (TPSA) is 26.3 Å². The van der Waals surface area contributed by atoms with Crippen LogP contribution in [0.2, 0.25) is 19.6 Å². The Hall–Kier alpha value is -1.09. The Morgan fingerprint density at radius 1 is 0.792 bits per heavy atom. The van der Waals surface area contributed by atoms with Crippen LogP contribution >= 0.6 is 0 Å². The van der Waals surface area contributed by atoms with Crippen LogP contribution in [0.1, 0.15) is 71.1 Å². The Bertz CT molecular complexity index is 389. The zero-order valence-electron chi connectivity index (χ0n) is 16.4. The highest BCUT2D eigenvalue weighted by molar-refractivity contribution is 6.71. The summed E-state index contributed by atoms with van der Waals surface area (Å²) < 4.78 is 5.44. The molecule has 0 aliphatic rings. The van der Waals surface area contributed by atoms with Gasteiger partial charge in [0.2, 0.25) is 8.32 Å². The summed E-state index contributed by atoms with van der Waals surface area (Å²) in [6, 6.07) is 0. The Balaban J connectivity index is 3.37. The highest BCUT2D eigenvalue weighted by Crippen LogP contribution is 2.10. The fourth-order valence-corrected chi connectivity index (χ4v) is 3.07. The van der Waals surface area contributed by atoms with Crippen LogP contribution in [0.4, 0.5) is 0 Å². The lowest BCUT2D eigenvalue weighted by molar-refractivity contribution is -0.135. The number of hydrogen-bond donors (Lipinski definition) is 0. The molecule has 0 atom stereocenters. The molecular formula is C21H38O2Si. The summed E-state index contributed by atoms with van der Waals surface area (Å²) in [7, 11) is -1.69. The van der Waals surface area contributed by atoms with E-state index in [1.165, 1.54) is 25.7 Å². The van der Waals surface area contributed by atoms with Crippen LogP contribution in [-0.2, 0) is 9.22 Å². The van der Waals surface area contributed by atoms with E-state index in [0.29, 0.717) is 6.42 Å². The predicted octanol–water partition coefficient (Wildman–Crippen LogP) is 6.95. The van der Waals surface area contributed by atoms with Gasteiger partial charge in [-0.2, -0.15) is 0 Å². The van der Waals surface area contributed by atoms with Gasteiger partial charge in [0.05, 0.1) is 0 Å². The van der Waals surface area contributed by atoms with Gasteiger partial charge in [-0.3, -0.25) is 4.79 Å². The molecule has 0 saturated heterocycles. The second-order valence-electron chi connectivity index (χ2n) is 7.19. The first-order chi connectivity index (χ1) is 11.5. The van der Waals surface area contributed by atoms with Crippen molar-refractivity contribution < 1.29 is 9.22 Å². The molecule has 0 aliphatic carbocycles. The van der Waals surface area contributed by atoms with Crippen LogP contribution in [0.25, 0.3) is 0 Å². The van der Waals surface area contributed by atoms with Gasteiger partial charge < -0.3 is 4.43 Å². The van der Waals surface area contributed by atoms with Crippen molar-refractivity contribution in [3.8, 4) is 0 Å². The van der Waals surface area contributed by atoms with E-state index in [1.54, 1.807) is 0 Å². The summed E-state index contributed by atoms with van der Waals surface area (Å²) in [4.78, 5) is 11.6. The monoisotopic (exact) mass is 350 g/mol. The molecule has 0 saturated carbocycles. The van der Waals surface area contributed by atoms with Crippen LogP contribution in [0.3, 0.4) is 0 Å². The maximum Gasteiger partial charge on any atom is 0.292 e. The lowest BCUT2D eigenvalue weighted by Gasteiger charge is -2.17. The molecule has 0 bridgehead atoms. The average Bonchev–Trinajstić information content (AvgIpc) is 2.49. The van der Waals surface area contributed by atoms with E-state index in [2.05, 4.69) is 63.0 Å². The molecule has 0 N–H and O–H groups in total. The fourth-order valence-electron chi connectivity index (χ4n) is 2.28. The molecule has 2 nitrogen and oxygen atoms in total. The maximum atomic E-state index is 11.6. The van der Waals surface area contributed by atoms with Gasteiger partial charge in [-0.05, 0) is 58.2 Å². The van der Waals surface area contributed by atoms with Crippen molar-refractivity contribution in [1.82, 2.24) is 0 Å². The second kappa shape index (κ2) is 15.4. The normalized spacial score (nSPS) is 12.7. The summed E-state index contributed by atoms with van der Waals surface area (Å²) >= 11 is 0. The SMILES string of the molecule is CCC=CCC=CCC=CCCCCCCCC(=O)O[Si](C)(C)C. The highest BCUT2D eigenvalue weighted by atomic mass is 28.4. The second-order valence-corrected chi connectivity index (χ2v) is 11.6. The first kappa shape index (κ1) is 22.9. The molecule has 3 heteroatoms. The number of carbonyl (C=O) groups excluding carboxylic acids is 1. The van der Waals surface area contributed by atoms with E-state index in [1.807, 2.05) is 0 Å². The van der Waals surface area contributed by atoms with Gasteiger partial charge in [-0.25, -0.2) is 0 Å². The van der Waals surface area contributed by atoms with Gasteiger partial charge in [0.25, 0.3) is 5.97 Å². The molecule has 0 heterocycles. The Morgan fingerprint density at radius 2 is 1.33 bits per heavy atom. The van der Waals surface area contributed by atoms with E-state index in [0.717, 1.165) is 32.1 Å². The predicted molar refractivity (Wildman–Crippen MR) is 109 cm³/mol. The molecule has 0 aromatic heterocycles. The van der Waals surface area contributed by atoms with Crippen LogP contribution in [0.5, 0.6) is 0 Å². The summed E-state index contributed by atoms with van der Waals surface area (Å²) in [5.74, 6) is -0.00432.